The molecular weight excluding hydrogens is 318 g/mol. The Balaban J connectivity index is 2.15. The third-order valence-corrected chi connectivity index (χ3v) is 3.35. The number of anilines is 1. The number of hydrogen-bond acceptors (Lipinski definition) is 4. The van der Waals surface area contributed by atoms with Crippen molar-refractivity contribution >= 4 is 23.4 Å². The van der Waals surface area contributed by atoms with Crippen LogP contribution in [0, 0.1) is 28.4 Å². The summed E-state index contributed by atoms with van der Waals surface area (Å²) in [5, 5.41) is 22.7. The summed E-state index contributed by atoms with van der Waals surface area (Å²) in [6.45, 7) is 1.93. The molecule has 6 nitrogen and oxygen atoms in total. The molecule has 2 rings (SSSR count). The number of hydrogen-bond donors (Lipinski definition) is 1. The summed E-state index contributed by atoms with van der Waals surface area (Å²) >= 11 is 0. The molecule has 0 aliphatic rings. The van der Waals surface area contributed by atoms with E-state index in [4.69, 9.17) is 5.26 Å². The Morgan fingerprint density at radius 2 is 1.88 bits per heavy atom. The van der Waals surface area contributed by atoms with Crippen molar-refractivity contribution in [3.05, 3.63) is 87.5 Å². The monoisotopic (exact) mass is 333 g/mol. The first-order valence-corrected chi connectivity index (χ1v) is 7.41. The average molecular weight is 333 g/mol. The van der Waals surface area contributed by atoms with Crippen LogP contribution in [0.25, 0.3) is 6.08 Å². The van der Waals surface area contributed by atoms with Crippen molar-refractivity contribution in [3.63, 3.8) is 0 Å². The Morgan fingerprint density at radius 3 is 2.52 bits per heavy atom. The number of carbonyl (C=O) groups is 1. The van der Waals surface area contributed by atoms with Gasteiger partial charge in [0, 0.05) is 11.8 Å². The van der Waals surface area contributed by atoms with Gasteiger partial charge in [-0.05, 0) is 37.3 Å². The zero-order valence-corrected chi connectivity index (χ0v) is 13.5. The zero-order valence-electron chi connectivity index (χ0n) is 13.5. The number of nitrogens with zero attached hydrogens (tertiary/aromatic N) is 2. The number of nitriles is 1. The standard InChI is InChI=1S/C19H15N3O3/c1-14-9-11-17(12-10-14)21-19(23)16(13-20)7-4-6-15-5-2-3-8-18(15)22(24)25/h2-12H,1H3,(H,21,23)/b6-4+,16-7+. The van der Waals surface area contributed by atoms with Crippen molar-refractivity contribution in [1.29, 1.82) is 5.26 Å². The van der Waals surface area contributed by atoms with Crippen LogP contribution in [-0.4, -0.2) is 10.8 Å². The van der Waals surface area contributed by atoms with Gasteiger partial charge < -0.3 is 5.32 Å². The number of nitro groups is 1. The van der Waals surface area contributed by atoms with Crippen LogP contribution in [0.1, 0.15) is 11.1 Å². The van der Waals surface area contributed by atoms with Gasteiger partial charge in [0.2, 0.25) is 0 Å². The van der Waals surface area contributed by atoms with Gasteiger partial charge in [0.05, 0.1) is 10.5 Å². The SMILES string of the molecule is Cc1ccc(NC(=O)/C(C#N)=C/C=C/c2ccccc2[N+](=O)[O-])cc1. The first kappa shape index (κ1) is 17.6. The lowest BCUT2D eigenvalue weighted by Gasteiger charge is -2.03. The topological polar surface area (TPSA) is 96.0 Å². The normalized spacial score (nSPS) is 11.1. The molecule has 0 atom stereocenters. The van der Waals surface area contributed by atoms with E-state index in [0.29, 0.717) is 11.3 Å². The molecule has 0 radical (unpaired) electrons. The highest BCUT2D eigenvalue weighted by Gasteiger charge is 2.10. The predicted octanol–water partition coefficient (Wildman–Crippen LogP) is 4.01. The van der Waals surface area contributed by atoms with E-state index in [1.165, 1.54) is 24.3 Å². The van der Waals surface area contributed by atoms with Gasteiger partial charge in [-0.2, -0.15) is 5.26 Å². The zero-order chi connectivity index (χ0) is 18.2. The second kappa shape index (κ2) is 8.22. The van der Waals surface area contributed by atoms with Crippen molar-refractivity contribution in [2.75, 3.05) is 5.32 Å². The van der Waals surface area contributed by atoms with E-state index in [9.17, 15) is 14.9 Å². The number of benzene rings is 2. The van der Waals surface area contributed by atoms with Gasteiger partial charge in [-0.25, -0.2) is 0 Å². The first-order chi connectivity index (χ1) is 12.0. The van der Waals surface area contributed by atoms with Crippen LogP contribution in [0.4, 0.5) is 11.4 Å². The van der Waals surface area contributed by atoms with Crippen LogP contribution in [0.15, 0.2) is 66.3 Å². The average Bonchev–Trinajstić information content (AvgIpc) is 2.61. The molecule has 1 N–H and O–H groups in total. The van der Waals surface area contributed by atoms with Gasteiger partial charge in [0.1, 0.15) is 11.6 Å². The number of aryl methyl sites for hydroxylation is 1. The van der Waals surface area contributed by atoms with Gasteiger partial charge in [-0.15, -0.1) is 0 Å². The molecule has 0 spiro atoms. The van der Waals surface area contributed by atoms with Crippen molar-refractivity contribution < 1.29 is 9.72 Å². The van der Waals surface area contributed by atoms with E-state index < -0.39 is 10.8 Å². The Labute approximate surface area is 144 Å². The molecule has 0 unspecified atom stereocenters. The smallest absolute Gasteiger partial charge is 0.276 e. The first-order valence-electron chi connectivity index (χ1n) is 7.41. The minimum atomic E-state index is -0.543. The lowest BCUT2D eigenvalue weighted by Crippen LogP contribution is -2.13. The van der Waals surface area contributed by atoms with Gasteiger partial charge in [-0.3, -0.25) is 14.9 Å². The predicted molar refractivity (Wildman–Crippen MR) is 95.6 cm³/mol. The molecule has 0 aliphatic carbocycles. The second-order valence-electron chi connectivity index (χ2n) is 5.19. The minimum Gasteiger partial charge on any atom is -0.321 e. The van der Waals surface area contributed by atoms with Crippen LogP contribution in [-0.2, 0) is 4.79 Å². The molecule has 0 bridgehead atoms. The van der Waals surface area contributed by atoms with Crippen molar-refractivity contribution in [3.8, 4) is 6.07 Å². The van der Waals surface area contributed by atoms with E-state index in [-0.39, 0.29) is 11.3 Å². The van der Waals surface area contributed by atoms with E-state index in [0.717, 1.165) is 5.56 Å². The molecular formula is C19H15N3O3. The molecule has 0 aromatic heterocycles. The summed E-state index contributed by atoms with van der Waals surface area (Å²) in [6.07, 6.45) is 4.24. The fraction of sp³-hybridized carbons (Fsp3) is 0.0526. The maximum atomic E-state index is 12.1. The molecule has 1 amide bonds. The molecule has 0 saturated carbocycles. The summed E-state index contributed by atoms with van der Waals surface area (Å²) < 4.78 is 0. The van der Waals surface area contributed by atoms with E-state index in [1.807, 2.05) is 25.1 Å². The van der Waals surface area contributed by atoms with Crippen LogP contribution >= 0.6 is 0 Å². The minimum absolute atomic E-state index is 0.0465. The Bertz CT molecular complexity index is 891. The fourth-order valence-electron chi connectivity index (χ4n) is 2.04. The summed E-state index contributed by atoms with van der Waals surface area (Å²) in [5.74, 6) is -0.543. The largest absolute Gasteiger partial charge is 0.321 e. The molecule has 0 fully saturated rings. The number of carbonyl (C=O) groups excluding carboxylic acids is 1. The van der Waals surface area contributed by atoms with Crippen LogP contribution in [0.3, 0.4) is 0 Å². The summed E-state index contributed by atoms with van der Waals surface area (Å²) in [4.78, 5) is 22.6. The van der Waals surface area contributed by atoms with Crippen molar-refractivity contribution in [2.24, 2.45) is 0 Å². The highest BCUT2D eigenvalue weighted by Crippen LogP contribution is 2.19. The van der Waals surface area contributed by atoms with Crippen LogP contribution in [0.2, 0.25) is 0 Å². The third-order valence-electron chi connectivity index (χ3n) is 3.35. The molecule has 6 heteroatoms. The van der Waals surface area contributed by atoms with Gasteiger partial charge in [0.25, 0.3) is 11.6 Å². The summed E-state index contributed by atoms with van der Waals surface area (Å²) in [6, 6.07) is 15.2. The maximum absolute atomic E-state index is 12.1. The highest BCUT2D eigenvalue weighted by atomic mass is 16.6. The Kier molecular flexibility index (Phi) is 5.80. The van der Waals surface area contributed by atoms with Gasteiger partial charge in [-0.1, -0.05) is 35.9 Å². The van der Waals surface area contributed by atoms with Crippen molar-refractivity contribution in [1.82, 2.24) is 0 Å². The molecule has 0 aliphatic heterocycles. The molecule has 0 saturated heterocycles. The van der Waals surface area contributed by atoms with Gasteiger partial charge >= 0.3 is 0 Å². The van der Waals surface area contributed by atoms with E-state index in [2.05, 4.69) is 5.32 Å². The Morgan fingerprint density at radius 1 is 1.20 bits per heavy atom. The van der Waals surface area contributed by atoms with Crippen LogP contribution < -0.4 is 5.32 Å². The quantitative estimate of drug-likeness (QED) is 0.294. The summed E-state index contributed by atoms with van der Waals surface area (Å²) in [5.41, 5.74) is 1.88. The molecule has 25 heavy (non-hydrogen) atoms. The summed E-state index contributed by atoms with van der Waals surface area (Å²) in [7, 11) is 0. The highest BCUT2D eigenvalue weighted by molar-refractivity contribution is 6.06. The molecule has 2 aromatic carbocycles. The fourth-order valence-corrected chi connectivity index (χ4v) is 2.04. The van der Waals surface area contributed by atoms with E-state index >= 15 is 0 Å². The number of nitro benzene ring substituents is 1. The number of allylic oxidation sites excluding steroid dienone is 2. The molecule has 0 heterocycles. The number of amides is 1. The third kappa shape index (κ3) is 4.88. The van der Waals surface area contributed by atoms with Crippen molar-refractivity contribution in [2.45, 2.75) is 6.92 Å². The second-order valence-corrected chi connectivity index (χ2v) is 5.19. The van der Waals surface area contributed by atoms with E-state index in [1.54, 1.807) is 30.3 Å². The van der Waals surface area contributed by atoms with Gasteiger partial charge in [0.15, 0.2) is 0 Å². The lowest BCUT2D eigenvalue weighted by molar-refractivity contribution is -0.385. The maximum Gasteiger partial charge on any atom is 0.276 e. The lowest BCUT2D eigenvalue weighted by atomic mass is 10.1. The molecule has 124 valence electrons. The number of para-hydroxylation sites is 1. The number of rotatable bonds is 5. The van der Waals surface area contributed by atoms with Crippen LogP contribution in [0.5, 0.6) is 0 Å². The Hall–Kier alpha value is -3.72. The molecule has 2 aromatic rings. The number of nitrogens with one attached hydrogen (secondary N) is 1.